The van der Waals surface area contributed by atoms with Gasteiger partial charge in [-0.3, -0.25) is 14.2 Å². The molecule has 0 spiro atoms. The van der Waals surface area contributed by atoms with E-state index in [2.05, 4.69) is 10.3 Å². The summed E-state index contributed by atoms with van der Waals surface area (Å²) in [4.78, 5) is 30.1. The summed E-state index contributed by atoms with van der Waals surface area (Å²) in [6.45, 7) is 0. The summed E-state index contributed by atoms with van der Waals surface area (Å²) in [6.07, 6.45) is 0. The molecule has 0 fully saturated rings. The number of anilines is 1. The molecule has 4 aromatic rings. The zero-order valence-electron chi connectivity index (χ0n) is 16.1. The number of thiophene rings is 1. The van der Waals surface area contributed by atoms with E-state index in [0.717, 1.165) is 23.9 Å². The van der Waals surface area contributed by atoms with Crippen molar-refractivity contribution in [2.75, 3.05) is 18.2 Å². The van der Waals surface area contributed by atoms with Crippen molar-refractivity contribution in [2.45, 2.75) is 5.16 Å². The van der Waals surface area contributed by atoms with Crippen molar-refractivity contribution < 1.29 is 18.3 Å². The van der Waals surface area contributed by atoms with Gasteiger partial charge >= 0.3 is 0 Å². The third kappa shape index (κ3) is 4.30. The van der Waals surface area contributed by atoms with Crippen molar-refractivity contribution in [2.24, 2.45) is 0 Å². The van der Waals surface area contributed by atoms with Gasteiger partial charge in [0.1, 0.15) is 22.1 Å². The third-order valence-corrected chi connectivity index (χ3v) is 6.14. The first kappa shape index (κ1) is 21.0. The summed E-state index contributed by atoms with van der Waals surface area (Å²) >= 11 is 2.30. The number of nitrogens with one attached hydrogen (secondary N) is 1. The van der Waals surface area contributed by atoms with E-state index >= 15 is 0 Å². The Morgan fingerprint density at radius 3 is 2.81 bits per heavy atom. The number of ether oxygens (including phenoxy) is 1. The quantitative estimate of drug-likeness (QED) is 0.340. The Balaban J connectivity index is 1.67. The second-order valence-corrected chi connectivity index (χ2v) is 8.16. The lowest BCUT2D eigenvalue weighted by Crippen LogP contribution is -2.22. The van der Waals surface area contributed by atoms with E-state index in [-0.39, 0.29) is 22.2 Å². The van der Waals surface area contributed by atoms with Crippen LogP contribution >= 0.6 is 23.1 Å². The number of carbonyl (C=O) groups is 1. The van der Waals surface area contributed by atoms with E-state index in [1.807, 2.05) is 0 Å². The van der Waals surface area contributed by atoms with Gasteiger partial charge in [0, 0.05) is 6.07 Å². The van der Waals surface area contributed by atoms with E-state index in [9.17, 15) is 18.4 Å². The number of thioether (sulfide) groups is 1. The van der Waals surface area contributed by atoms with Gasteiger partial charge in [0.05, 0.1) is 29.8 Å². The van der Waals surface area contributed by atoms with E-state index in [0.29, 0.717) is 27.7 Å². The second-order valence-electron chi connectivity index (χ2n) is 6.30. The maximum atomic E-state index is 13.8. The standard InChI is InChI=1S/C21H15F2N3O3S2/c1-29-17-5-3-2-4-16(17)26-20(28)19-15(8-9-30-19)25-21(26)31-11-18(27)24-14-7-6-12(22)10-13(14)23/h2-10H,11H2,1H3,(H,24,27). The zero-order chi connectivity index (χ0) is 22.0. The number of amides is 1. The summed E-state index contributed by atoms with van der Waals surface area (Å²) in [5, 5.41) is 4.45. The predicted octanol–water partition coefficient (Wildman–Crippen LogP) is 4.46. The largest absolute Gasteiger partial charge is 0.495 e. The number of benzene rings is 2. The van der Waals surface area contributed by atoms with Crippen LogP contribution in [0.3, 0.4) is 0 Å². The summed E-state index contributed by atoms with van der Waals surface area (Å²) in [6, 6.07) is 11.6. The molecule has 1 amide bonds. The molecule has 0 saturated heterocycles. The Bertz CT molecular complexity index is 1340. The minimum atomic E-state index is -0.873. The van der Waals surface area contributed by atoms with Crippen LogP contribution in [0.25, 0.3) is 15.9 Å². The van der Waals surface area contributed by atoms with Crippen molar-refractivity contribution >= 4 is 44.9 Å². The normalized spacial score (nSPS) is 10.9. The number of halogens is 2. The Labute approximate surface area is 183 Å². The minimum absolute atomic E-state index is 0.129. The van der Waals surface area contributed by atoms with E-state index < -0.39 is 17.5 Å². The van der Waals surface area contributed by atoms with E-state index in [4.69, 9.17) is 4.74 Å². The number of para-hydroxylation sites is 2. The van der Waals surface area contributed by atoms with Gasteiger partial charge < -0.3 is 10.1 Å². The molecule has 0 atom stereocenters. The topological polar surface area (TPSA) is 73.2 Å². The molecular weight excluding hydrogens is 444 g/mol. The van der Waals surface area contributed by atoms with Crippen LogP contribution < -0.4 is 15.6 Å². The molecule has 1 N–H and O–H groups in total. The molecule has 158 valence electrons. The van der Waals surface area contributed by atoms with Gasteiger partial charge in [0.2, 0.25) is 5.91 Å². The lowest BCUT2D eigenvalue weighted by molar-refractivity contribution is -0.113. The first-order chi connectivity index (χ1) is 15.0. The first-order valence-corrected chi connectivity index (χ1v) is 10.9. The number of aromatic nitrogens is 2. The number of nitrogens with zero attached hydrogens (tertiary/aromatic N) is 2. The monoisotopic (exact) mass is 459 g/mol. The molecule has 0 aliphatic heterocycles. The molecule has 6 nitrogen and oxygen atoms in total. The highest BCUT2D eigenvalue weighted by molar-refractivity contribution is 7.99. The number of carbonyl (C=O) groups excluding carboxylic acids is 1. The van der Waals surface area contributed by atoms with Crippen LogP contribution in [0.15, 0.2) is 63.9 Å². The smallest absolute Gasteiger partial charge is 0.276 e. The molecule has 0 radical (unpaired) electrons. The third-order valence-electron chi connectivity index (χ3n) is 4.31. The minimum Gasteiger partial charge on any atom is -0.495 e. The average Bonchev–Trinajstić information content (AvgIpc) is 3.23. The highest BCUT2D eigenvalue weighted by Crippen LogP contribution is 2.28. The number of hydrogen-bond donors (Lipinski definition) is 1. The second kappa shape index (κ2) is 8.86. The maximum Gasteiger partial charge on any atom is 0.276 e. The predicted molar refractivity (Wildman–Crippen MR) is 117 cm³/mol. The van der Waals surface area contributed by atoms with E-state index in [1.165, 1.54) is 23.0 Å². The summed E-state index contributed by atoms with van der Waals surface area (Å²) < 4.78 is 34.1. The fraction of sp³-hybridized carbons (Fsp3) is 0.0952. The van der Waals surface area contributed by atoms with Crippen molar-refractivity contribution in [3.63, 3.8) is 0 Å². The fourth-order valence-corrected chi connectivity index (χ4v) is 4.49. The number of methoxy groups -OCH3 is 1. The Kier molecular flexibility index (Phi) is 6.01. The van der Waals surface area contributed by atoms with Crippen molar-refractivity contribution in [1.82, 2.24) is 9.55 Å². The van der Waals surface area contributed by atoms with Gasteiger partial charge in [-0.1, -0.05) is 23.9 Å². The van der Waals surface area contributed by atoms with Crippen LogP contribution in [0.4, 0.5) is 14.5 Å². The van der Waals surface area contributed by atoms with Gasteiger partial charge in [-0.2, -0.15) is 0 Å². The molecule has 31 heavy (non-hydrogen) atoms. The van der Waals surface area contributed by atoms with Crippen molar-refractivity contribution in [1.29, 1.82) is 0 Å². The van der Waals surface area contributed by atoms with Crippen LogP contribution in [0.1, 0.15) is 0 Å². The molecule has 2 aromatic heterocycles. The highest BCUT2D eigenvalue weighted by Gasteiger charge is 2.18. The Morgan fingerprint density at radius 2 is 2.03 bits per heavy atom. The average molecular weight is 459 g/mol. The molecule has 10 heteroatoms. The molecular formula is C21H15F2N3O3S2. The van der Waals surface area contributed by atoms with Crippen molar-refractivity contribution in [3.8, 4) is 11.4 Å². The zero-order valence-corrected chi connectivity index (χ0v) is 17.7. The number of hydrogen-bond acceptors (Lipinski definition) is 6. The first-order valence-electron chi connectivity index (χ1n) is 8.99. The Morgan fingerprint density at radius 1 is 1.23 bits per heavy atom. The molecule has 4 rings (SSSR count). The van der Waals surface area contributed by atoms with E-state index in [1.54, 1.807) is 35.7 Å². The van der Waals surface area contributed by atoms with Gasteiger partial charge in [-0.15, -0.1) is 11.3 Å². The SMILES string of the molecule is COc1ccccc1-n1c(SCC(=O)Nc2ccc(F)cc2F)nc2ccsc2c1=O. The lowest BCUT2D eigenvalue weighted by Gasteiger charge is -2.15. The summed E-state index contributed by atoms with van der Waals surface area (Å²) in [7, 11) is 1.50. The molecule has 0 bridgehead atoms. The van der Waals surface area contributed by atoms with Crippen LogP contribution in [-0.4, -0.2) is 28.3 Å². The number of fused-ring (bicyclic) bond motifs is 1. The van der Waals surface area contributed by atoms with Gasteiger partial charge in [0.15, 0.2) is 5.16 Å². The van der Waals surface area contributed by atoms with Crippen LogP contribution in [-0.2, 0) is 4.79 Å². The summed E-state index contributed by atoms with van der Waals surface area (Å²) in [5.74, 6) is -1.81. The van der Waals surface area contributed by atoms with Gasteiger partial charge in [-0.25, -0.2) is 13.8 Å². The lowest BCUT2D eigenvalue weighted by atomic mass is 10.3. The molecule has 0 saturated carbocycles. The maximum absolute atomic E-state index is 13.8. The fourth-order valence-electron chi connectivity index (χ4n) is 2.92. The van der Waals surface area contributed by atoms with Crippen molar-refractivity contribution in [3.05, 3.63) is 75.9 Å². The molecule has 0 unspecified atom stereocenters. The molecule has 0 aliphatic carbocycles. The molecule has 2 heterocycles. The summed E-state index contributed by atoms with van der Waals surface area (Å²) in [5.41, 5.74) is 0.603. The van der Waals surface area contributed by atoms with Crippen LogP contribution in [0.5, 0.6) is 5.75 Å². The number of rotatable bonds is 6. The van der Waals surface area contributed by atoms with Gasteiger partial charge in [-0.05, 0) is 35.7 Å². The van der Waals surface area contributed by atoms with Crippen LogP contribution in [0.2, 0.25) is 0 Å². The molecule has 0 aliphatic rings. The van der Waals surface area contributed by atoms with Crippen LogP contribution in [0, 0.1) is 11.6 Å². The highest BCUT2D eigenvalue weighted by atomic mass is 32.2. The van der Waals surface area contributed by atoms with Gasteiger partial charge in [0.25, 0.3) is 5.56 Å². The Hall–Kier alpha value is -3.24. The molecule has 2 aromatic carbocycles.